The first kappa shape index (κ1) is 15.4. The number of aryl methyl sites for hydroxylation is 1. The smallest absolute Gasteiger partial charge is 0.0798 e. The zero-order valence-corrected chi connectivity index (χ0v) is 14.7. The summed E-state index contributed by atoms with van der Waals surface area (Å²) in [4.78, 5) is 4.11. The number of methoxy groups -OCH3 is 1. The maximum Gasteiger partial charge on any atom is 0.0798 e. The lowest BCUT2D eigenvalue weighted by Crippen LogP contribution is -2.37. The zero-order valence-electron chi connectivity index (χ0n) is 13.9. The number of thiophene rings is 1. The highest BCUT2D eigenvalue weighted by Gasteiger charge is 2.43. The number of hydrogen-bond acceptors (Lipinski definition) is 4. The van der Waals surface area contributed by atoms with Crippen molar-refractivity contribution in [2.24, 2.45) is 11.8 Å². The molecule has 0 unspecified atom stereocenters. The van der Waals surface area contributed by atoms with Crippen LogP contribution in [0.3, 0.4) is 0 Å². The first-order valence-corrected chi connectivity index (χ1v) is 9.39. The third-order valence-corrected chi connectivity index (χ3v) is 6.35. The van der Waals surface area contributed by atoms with E-state index in [9.17, 15) is 0 Å². The second-order valence-electron chi connectivity index (χ2n) is 7.10. The van der Waals surface area contributed by atoms with Gasteiger partial charge in [-0.25, -0.2) is 0 Å². The predicted octanol–water partition coefficient (Wildman–Crippen LogP) is 3.35. The molecule has 3 heterocycles. The number of likely N-dealkylation sites (tertiary alicyclic amines) is 1. The lowest BCUT2D eigenvalue weighted by atomic mass is 9.77. The molecular formula is C18H25N3OS. The van der Waals surface area contributed by atoms with Crippen LogP contribution in [0.4, 0.5) is 0 Å². The van der Waals surface area contributed by atoms with Crippen LogP contribution >= 0.6 is 11.3 Å². The summed E-state index contributed by atoms with van der Waals surface area (Å²) in [5, 5.41) is 6.73. The molecule has 0 amide bonds. The minimum atomic E-state index is 0.289. The maximum atomic E-state index is 5.84. The van der Waals surface area contributed by atoms with E-state index in [1.807, 2.05) is 24.6 Å². The van der Waals surface area contributed by atoms with Crippen LogP contribution in [0.5, 0.6) is 0 Å². The number of aromatic nitrogens is 2. The summed E-state index contributed by atoms with van der Waals surface area (Å²) in [6.07, 6.45) is 6.75. The zero-order chi connectivity index (χ0) is 15.8. The Morgan fingerprint density at radius 3 is 2.78 bits per heavy atom. The summed E-state index contributed by atoms with van der Waals surface area (Å²) in [5.74, 6) is 1.55. The first-order chi connectivity index (χ1) is 11.2. The Kier molecular flexibility index (Phi) is 4.26. The molecule has 0 radical (unpaired) electrons. The number of nitrogens with zero attached hydrogens (tertiary/aromatic N) is 3. The average Bonchev–Trinajstić information content (AvgIpc) is 3.26. The molecule has 2 fully saturated rings. The van der Waals surface area contributed by atoms with E-state index in [0.29, 0.717) is 6.04 Å². The van der Waals surface area contributed by atoms with Crippen molar-refractivity contribution in [2.45, 2.75) is 38.5 Å². The van der Waals surface area contributed by atoms with Crippen LogP contribution in [0.1, 0.15) is 29.3 Å². The van der Waals surface area contributed by atoms with E-state index < -0.39 is 0 Å². The van der Waals surface area contributed by atoms with Crippen molar-refractivity contribution >= 4 is 11.3 Å². The highest BCUT2D eigenvalue weighted by Crippen LogP contribution is 2.42. The van der Waals surface area contributed by atoms with E-state index in [1.165, 1.54) is 30.0 Å². The molecule has 1 aliphatic heterocycles. The van der Waals surface area contributed by atoms with E-state index in [0.717, 1.165) is 24.8 Å². The number of fused-ring (bicyclic) bond motifs is 1. The molecule has 4 atom stereocenters. The molecule has 0 aromatic carbocycles. The van der Waals surface area contributed by atoms with Gasteiger partial charge < -0.3 is 4.74 Å². The molecule has 5 heteroatoms. The molecule has 23 heavy (non-hydrogen) atoms. The van der Waals surface area contributed by atoms with Crippen molar-refractivity contribution in [3.8, 4) is 0 Å². The summed E-state index contributed by atoms with van der Waals surface area (Å²) in [6, 6.07) is 4.79. The normalized spacial score (nSPS) is 31.4. The van der Waals surface area contributed by atoms with E-state index >= 15 is 0 Å². The standard InChI is InChI=1S/C18H25N3OS/c1-13-8-19-21(9-13)17-6-14-10-20(12-16-4-3-5-23-16)11-15(14)7-18(17)22-2/h3-5,8-9,14-15,17-18H,6-7,10-12H2,1-2H3/t14-,15+,17-,18-/m0/s1. The molecule has 2 aliphatic rings. The van der Waals surface area contributed by atoms with Crippen LogP contribution in [-0.2, 0) is 11.3 Å². The summed E-state index contributed by atoms with van der Waals surface area (Å²) >= 11 is 1.87. The van der Waals surface area contributed by atoms with Crippen LogP contribution in [0, 0.1) is 18.8 Å². The largest absolute Gasteiger partial charge is 0.379 e. The van der Waals surface area contributed by atoms with Gasteiger partial charge >= 0.3 is 0 Å². The molecule has 0 spiro atoms. The molecule has 2 aromatic heterocycles. The summed E-state index contributed by atoms with van der Waals surface area (Å²) in [7, 11) is 1.85. The highest BCUT2D eigenvalue weighted by atomic mass is 32.1. The van der Waals surface area contributed by atoms with Crippen molar-refractivity contribution in [3.05, 3.63) is 40.3 Å². The molecule has 124 valence electrons. The Balaban J connectivity index is 1.46. The van der Waals surface area contributed by atoms with Gasteiger partial charge in [0, 0.05) is 37.8 Å². The second kappa shape index (κ2) is 6.38. The summed E-state index contributed by atoms with van der Waals surface area (Å²) < 4.78 is 7.98. The number of hydrogen-bond donors (Lipinski definition) is 0. The molecule has 2 aromatic rings. The maximum absolute atomic E-state index is 5.84. The van der Waals surface area contributed by atoms with Crippen LogP contribution in [0.2, 0.25) is 0 Å². The minimum Gasteiger partial charge on any atom is -0.379 e. The molecule has 0 bridgehead atoms. The Morgan fingerprint density at radius 1 is 1.30 bits per heavy atom. The van der Waals surface area contributed by atoms with E-state index in [1.54, 1.807) is 0 Å². The van der Waals surface area contributed by atoms with Gasteiger partial charge in [0.05, 0.1) is 18.3 Å². The van der Waals surface area contributed by atoms with Gasteiger partial charge in [0.2, 0.25) is 0 Å². The SMILES string of the molecule is CO[C@H]1C[C@@H]2CN(Cc3cccs3)C[C@@H]2C[C@@H]1n1cc(C)cn1. The van der Waals surface area contributed by atoms with Gasteiger partial charge in [0.1, 0.15) is 0 Å². The Labute approximate surface area is 142 Å². The van der Waals surface area contributed by atoms with E-state index in [-0.39, 0.29) is 6.10 Å². The van der Waals surface area contributed by atoms with Crippen molar-refractivity contribution < 1.29 is 4.74 Å². The highest BCUT2D eigenvalue weighted by molar-refractivity contribution is 7.09. The van der Waals surface area contributed by atoms with Gasteiger partial charge in [0.25, 0.3) is 0 Å². The molecule has 1 saturated heterocycles. The van der Waals surface area contributed by atoms with Gasteiger partial charge in [-0.05, 0) is 48.6 Å². The summed E-state index contributed by atoms with van der Waals surface area (Å²) in [5.41, 5.74) is 1.23. The Hall–Kier alpha value is -1.17. The van der Waals surface area contributed by atoms with Crippen LogP contribution in [-0.4, -0.2) is 41.0 Å². The topological polar surface area (TPSA) is 30.3 Å². The molecule has 4 nitrogen and oxygen atoms in total. The van der Waals surface area contributed by atoms with Crippen LogP contribution < -0.4 is 0 Å². The van der Waals surface area contributed by atoms with Crippen molar-refractivity contribution in [2.75, 3.05) is 20.2 Å². The molecular weight excluding hydrogens is 306 g/mol. The lowest BCUT2D eigenvalue weighted by Gasteiger charge is -2.37. The Morgan fingerprint density at radius 2 is 2.13 bits per heavy atom. The fraction of sp³-hybridized carbons (Fsp3) is 0.611. The average molecular weight is 331 g/mol. The first-order valence-electron chi connectivity index (χ1n) is 8.51. The second-order valence-corrected chi connectivity index (χ2v) is 8.14. The van der Waals surface area contributed by atoms with Gasteiger partial charge in [-0.15, -0.1) is 11.3 Å². The van der Waals surface area contributed by atoms with Crippen molar-refractivity contribution in [1.29, 1.82) is 0 Å². The quantitative estimate of drug-likeness (QED) is 0.861. The molecule has 4 rings (SSSR count). The van der Waals surface area contributed by atoms with Crippen molar-refractivity contribution in [1.82, 2.24) is 14.7 Å². The van der Waals surface area contributed by atoms with Gasteiger partial charge in [-0.2, -0.15) is 5.10 Å². The number of ether oxygens (including phenoxy) is 1. The summed E-state index contributed by atoms with van der Waals surface area (Å²) in [6.45, 7) is 5.65. The van der Waals surface area contributed by atoms with E-state index in [2.05, 4.69) is 45.3 Å². The molecule has 1 aliphatic carbocycles. The van der Waals surface area contributed by atoms with Crippen molar-refractivity contribution in [3.63, 3.8) is 0 Å². The predicted molar refractivity (Wildman–Crippen MR) is 92.6 cm³/mol. The Bertz CT molecular complexity index is 638. The van der Waals surface area contributed by atoms with E-state index in [4.69, 9.17) is 4.74 Å². The minimum absolute atomic E-state index is 0.289. The van der Waals surface area contributed by atoms with Crippen LogP contribution in [0.15, 0.2) is 29.9 Å². The van der Waals surface area contributed by atoms with Gasteiger partial charge in [0.15, 0.2) is 0 Å². The van der Waals surface area contributed by atoms with Gasteiger partial charge in [-0.3, -0.25) is 9.58 Å². The third-order valence-electron chi connectivity index (χ3n) is 5.49. The fourth-order valence-corrected chi connectivity index (χ4v) is 5.13. The molecule has 0 N–H and O–H groups in total. The van der Waals surface area contributed by atoms with Gasteiger partial charge in [-0.1, -0.05) is 6.07 Å². The van der Waals surface area contributed by atoms with Crippen LogP contribution in [0.25, 0.3) is 0 Å². The molecule has 1 saturated carbocycles. The fourth-order valence-electron chi connectivity index (χ4n) is 4.39. The monoisotopic (exact) mass is 331 g/mol. The third kappa shape index (κ3) is 3.10. The lowest BCUT2D eigenvalue weighted by molar-refractivity contribution is -0.00488. The number of rotatable bonds is 4.